The lowest BCUT2D eigenvalue weighted by atomic mass is 10.1. The summed E-state index contributed by atoms with van der Waals surface area (Å²) in [5.41, 5.74) is 3.29. The molecule has 38 heavy (non-hydrogen) atoms. The number of thiophene rings is 1. The minimum atomic E-state index is -4.10. The first-order chi connectivity index (χ1) is 18.0. The molecule has 12 nitrogen and oxygen atoms in total. The van der Waals surface area contributed by atoms with E-state index in [4.69, 9.17) is 14.9 Å². The van der Waals surface area contributed by atoms with Crippen molar-refractivity contribution in [3.63, 3.8) is 0 Å². The number of ketones is 1. The Morgan fingerprint density at radius 1 is 1.34 bits per heavy atom. The molecule has 4 N–H and O–H groups in total. The minimum Gasteiger partial charge on any atom is -0.393 e. The third kappa shape index (κ3) is 5.37. The number of aliphatic hydroxyl groups is 1. The van der Waals surface area contributed by atoms with Crippen LogP contribution in [0.4, 0.5) is 5.82 Å². The minimum absolute atomic E-state index is 0.217. The number of nitrogens with zero attached hydrogens (tertiary/aromatic N) is 4. The maximum Gasteiger partial charge on any atom is 0.333 e. The largest absolute Gasteiger partial charge is 0.393 e. The summed E-state index contributed by atoms with van der Waals surface area (Å²) < 4.78 is 35.2. The van der Waals surface area contributed by atoms with Gasteiger partial charge in [0.1, 0.15) is 24.1 Å². The first kappa shape index (κ1) is 26.8. The van der Waals surface area contributed by atoms with Gasteiger partial charge in [-0.05, 0) is 39.7 Å². The van der Waals surface area contributed by atoms with E-state index in [-0.39, 0.29) is 24.5 Å². The van der Waals surface area contributed by atoms with Gasteiger partial charge in [0.15, 0.2) is 0 Å². The summed E-state index contributed by atoms with van der Waals surface area (Å²) in [5, 5.41) is 18.5. The van der Waals surface area contributed by atoms with Crippen LogP contribution in [0.1, 0.15) is 61.8 Å². The normalized spacial score (nSPS) is 23.4. The van der Waals surface area contributed by atoms with Gasteiger partial charge in [-0.1, -0.05) is 0 Å². The Balaban J connectivity index is 1.35. The summed E-state index contributed by atoms with van der Waals surface area (Å²) >= 11 is 1.38. The molecule has 204 valence electrons. The summed E-state index contributed by atoms with van der Waals surface area (Å²) in [4.78, 5) is 28.2. The maximum absolute atomic E-state index is 13.6. The number of aliphatic hydroxyl groups excluding tert-OH is 1. The topological polar surface area (TPSA) is 172 Å². The SMILES string of the molecule is Cc1nc2n(c1C)CCO[C@H]2c1cc(C(=O)c2cncnc2N[C@@H]2C[C@H](COS(N)(=O)=O)[C@@H](O)C2)sc1C. The quantitative estimate of drug-likeness (QED) is 0.344. The number of aromatic nitrogens is 4. The molecule has 5 rings (SSSR count). The van der Waals surface area contributed by atoms with Gasteiger partial charge in [0.05, 0.1) is 35.5 Å². The van der Waals surface area contributed by atoms with Crippen molar-refractivity contribution in [2.75, 3.05) is 18.5 Å². The lowest BCUT2D eigenvalue weighted by Crippen LogP contribution is -2.24. The van der Waals surface area contributed by atoms with Crippen LogP contribution in [-0.4, -0.2) is 64.2 Å². The van der Waals surface area contributed by atoms with Crippen LogP contribution in [0.25, 0.3) is 0 Å². The molecule has 4 heterocycles. The van der Waals surface area contributed by atoms with E-state index in [1.807, 2.05) is 26.8 Å². The van der Waals surface area contributed by atoms with E-state index in [0.717, 1.165) is 34.2 Å². The molecule has 0 radical (unpaired) electrons. The molecule has 0 saturated heterocycles. The molecule has 1 fully saturated rings. The highest BCUT2D eigenvalue weighted by molar-refractivity contribution is 7.84. The summed E-state index contributed by atoms with van der Waals surface area (Å²) in [6.07, 6.45) is 2.43. The van der Waals surface area contributed by atoms with E-state index < -0.39 is 22.3 Å². The zero-order valence-corrected chi connectivity index (χ0v) is 22.9. The average molecular weight is 563 g/mol. The number of imidazole rings is 1. The van der Waals surface area contributed by atoms with Gasteiger partial charge >= 0.3 is 10.3 Å². The fraction of sp³-hybridized carbons (Fsp3) is 0.500. The van der Waals surface area contributed by atoms with Crippen molar-refractivity contribution >= 4 is 33.2 Å². The number of hydrogen-bond donors (Lipinski definition) is 3. The van der Waals surface area contributed by atoms with Gasteiger partial charge in [-0.2, -0.15) is 8.42 Å². The average Bonchev–Trinajstić information content (AvgIpc) is 3.52. The van der Waals surface area contributed by atoms with Crippen LogP contribution in [0, 0.1) is 26.7 Å². The number of rotatable bonds is 8. The Morgan fingerprint density at radius 2 is 2.13 bits per heavy atom. The van der Waals surface area contributed by atoms with Crippen LogP contribution in [0.5, 0.6) is 0 Å². The second kappa shape index (κ2) is 10.4. The molecule has 0 aromatic carbocycles. The van der Waals surface area contributed by atoms with E-state index in [2.05, 4.69) is 24.0 Å². The van der Waals surface area contributed by atoms with E-state index >= 15 is 0 Å². The number of fused-ring (bicyclic) bond motifs is 1. The third-order valence-electron chi connectivity index (χ3n) is 7.19. The van der Waals surface area contributed by atoms with Crippen molar-refractivity contribution in [2.24, 2.45) is 11.1 Å². The van der Waals surface area contributed by atoms with Crippen LogP contribution in [-0.2, 0) is 25.8 Å². The Bertz CT molecular complexity index is 1470. The van der Waals surface area contributed by atoms with Crippen molar-refractivity contribution in [1.82, 2.24) is 19.5 Å². The van der Waals surface area contributed by atoms with Gasteiger partial charge in [0.25, 0.3) is 0 Å². The molecule has 0 unspecified atom stereocenters. The molecule has 3 aromatic heterocycles. The molecule has 4 atom stereocenters. The predicted molar refractivity (Wildman–Crippen MR) is 139 cm³/mol. The van der Waals surface area contributed by atoms with Crippen molar-refractivity contribution in [3.8, 4) is 0 Å². The van der Waals surface area contributed by atoms with Gasteiger partial charge < -0.3 is 19.7 Å². The number of anilines is 1. The number of carbonyl (C=O) groups excluding carboxylic acids is 1. The van der Waals surface area contributed by atoms with E-state index in [1.165, 1.54) is 23.9 Å². The first-order valence-corrected chi connectivity index (χ1v) is 14.5. The molecule has 1 aliphatic carbocycles. The van der Waals surface area contributed by atoms with E-state index in [1.54, 1.807) is 0 Å². The van der Waals surface area contributed by atoms with E-state index in [9.17, 15) is 18.3 Å². The highest BCUT2D eigenvalue weighted by Crippen LogP contribution is 2.37. The number of nitrogens with one attached hydrogen (secondary N) is 1. The van der Waals surface area contributed by atoms with Crippen molar-refractivity contribution in [1.29, 1.82) is 0 Å². The van der Waals surface area contributed by atoms with Crippen LogP contribution in [0.15, 0.2) is 18.6 Å². The Hall–Kier alpha value is -2.75. The molecule has 14 heteroatoms. The lowest BCUT2D eigenvalue weighted by molar-refractivity contribution is 0.0423. The monoisotopic (exact) mass is 562 g/mol. The van der Waals surface area contributed by atoms with Crippen molar-refractivity contribution in [2.45, 2.75) is 58.4 Å². The van der Waals surface area contributed by atoms with Gasteiger partial charge in [-0.3, -0.25) is 8.98 Å². The Morgan fingerprint density at radius 3 is 2.89 bits per heavy atom. The van der Waals surface area contributed by atoms with Gasteiger partial charge in [-0.25, -0.2) is 20.1 Å². The number of nitrogens with two attached hydrogens (primary N) is 1. The lowest BCUT2D eigenvalue weighted by Gasteiger charge is -2.25. The van der Waals surface area contributed by atoms with Gasteiger partial charge in [0, 0.05) is 40.8 Å². The van der Waals surface area contributed by atoms with Crippen molar-refractivity contribution < 1.29 is 27.2 Å². The fourth-order valence-electron chi connectivity index (χ4n) is 5.12. The number of carbonyl (C=O) groups is 1. The molecule has 3 aromatic rings. The number of hydrogen-bond acceptors (Lipinski definition) is 11. The third-order valence-corrected chi connectivity index (χ3v) is 8.71. The molecule has 1 saturated carbocycles. The van der Waals surface area contributed by atoms with Crippen LogP contribution >= 0.6 is 11.3 Å². The standard InChI is InChI=1S/C24H30N6O6S2/c1-12-13(2)30-4-5-35-22(24(30)28-12)17-8-20(37-14(17)3)21(32)18-9-26-11-27-23(18)29-16-6-15(19(31)7-16)10-36-38(25,33)34/h8-9,11,15-16,19,22,31H,4-7,10H2,1-3H3,(H2,25,33,34)(H,26,27,29)/t15-,16-,19+,22+/m1/s1. The Kier molecular flexibility index (Phi) is 7.37. The highest BCUT2D eigenvalue weighted by Gasteiger charge is 2.35. The van der Waals surface area contributed by atoms with Gasteiger partial charge in [0.2, 0.25) is 5.78 Å². The smallest absolute Gasteiger partial charge is 0.333 e. The summed E-state index contributed by atoms with van der Waals surface area (Å²) in [5.74, 6) is 0.534. The number of aryl methyl sites for hydroxylation is 2. The molecular formula is C24H30N6O6S2. The van der Waals surface area contributed by atoms with Crippen LogP contribution < -0.4 is 10.5 Å². The first-order valence-electron chi connectivity index (χ1n) is 12.2. The van der Waals surface area contributed by atoms with Crippen LogP contribution in [0.3, 0.4) is 0 Å². The van der Waals surface area contributed by atoms with Gasteiger partial charge in [-0.15, -0.1) is 11.3 Å². The second-order valence-corrected chi connectivity index (χ2v) is 12.2. The molecule has 1 aliphatic heterocycles. The summed E-state index contributed by atoms with van der Waals surface area (Å²) in [6.45, 7) is 7.08. The predicted octanol–water partition coefficient (Wildman–Crippen LogP) is 1.78. The maximum atomic E-state index is 13.6. The Labute approximate surface area is 224 Å². The van der Waals surface area contributed by atoms with E-state index in [0.29, 0.717) is 35.7 Å². The molecule has 0 spiro atoms. The second-order valence-electron chi connectivity index (χ2n) is 9.70. The summed E-state index contributed by atoms with van der Waals surface area (Å²) in [7, 11) is -4.10. The zero-order valence-electron chi connectivity index (χ0n) is 21.2. The molecule has 2 aliphatic rings. The molecular weight excluding hydrogens is 532 g/mol. The summed E-state index contributed by atoms with van der Waals surface area (Å²) in [6, 6.07) is 1.61. The fourth-order valence-corrected chi connectivity index (χ4v) is 6.48. The molecule has 0 amide bonds. The zero-order chi connectivity index (χ0) is 27.2. The number of ether oxygens (including phenoxy) is 1. The van der Waals surface area contributed by atoms with Crippen LogP contribution in [0.2, 0.25) is 0 Å². The van der Waals surface area contributed by atoms with Crippen molar-refractivity contribution in [3.05, 3.63) is 56.7 Å². The highest BCUT2D eigenvalue weighted by atomic mass is 32.2. The molecule has 0 bridgehead atoms.